The Kier molecular flexibility index (Phi) is 10.2. The Labute approximate surface area is 216 Å². The summed E-state index contributed by atoms with van der Waals surface area (Å²) in [6, 6.07) is 3.39. The van der Waals surface area contributed by atoms with E-state index in [2.05, 4.69) is 46.8 Å². The maximum absolute atomic E-state index is 11.9. The molecule has 4 aromatic heterocycles. The quantitative estimate of drug-likeness (QED) is 0.288. The molecule has 0 aliphatic rings. The molecule has 9 nitrogen and oxygen atoms in total. The number of hydrogen-bond donors (Lipinski definition) is 1. The van der Waals surface area contributed by atoms with Crippen molar-refractivity contribution in [3.63, 3.8) is 0 Å². The summed E-state index contributed by atoms with van der Waals surface area (Å²) in [7, 11) is 3.29. The predicted molar refractivity (Wildman–Crippen MR) is 118 cm³/mol. The van der Waals surface area contributed by atoms with Crippen LogP contribution in [0.1, 0.15) is 20.7 Å². The molecule has 0 atom stereocenters. The summed E-state index contributed by atoms with van der Waals surface area (Å²) in [6.45, 7) is 0. The summed E-state index contributed by atoms with van der Waals surface area (Å²) in [5.74, 6) is 0. The first-order valence-electron chi connectivity index (χ1n) is 8.27. The maximum atomic E-state index is 11.9. The van der Waals surface area contributed by atoms with E-state index >= 15 is 0 Å². The van der Waals surface area contributed by atoms with Gasteiger partial charge in [-0.25, -0.2) is 14.8 Å². The standard InChI is InChI=1S/C11H10BrN3O2.C8H5BrN2O.Na.H2O/c1-14(2)11(17)15-5-7(6-16)9-3-8(12)4-13-10(9)15;9-6-1-7-5(4-12)2-10-8(7)11-3-6;;/h3-6H,1-2H3;1-4H,(H,10,11);;1H2/q;;+1;/p-1. The van der Waals surface area contributed by atoms with Crippen molar-refractivity contribution in [3.05, 3.63) is 57.0 Å². The van der Waals surface area contributed by atoms with Gasteiger partial charge in [0.15, 0.2) is 12.6 Å². The van der Waals surface area contributed by atoms with Crippen LogP contribution in [0.2, 0.25) is 0 Å². The number of aromatic amines is 1. The SMILES string of the molecule is CN(C)C(=O)n1cc(C=O)c2cc(Br)cnc21.O=Cc1c[nH]c2ncc(Br)cc12.[Na+].[OH-]. The van der Waals surface area contributed by atoms with Gasteiger partial charge < -0.3 is 15.4 Å². The summed E-state index contributed by atoms with van der Waals surface area (Å²) in [6.07, 6.45) is 7.96. The number of rotatable bonds is 2. The van der Waals surface area contributed by atoms with Crippen LogP contribution in [0.3, 0.4) is 0 Å². The van der Waals surface area contributed by atoms with E-state index in [-0.39, 0.29) is 41.1 Å². The Morgan fingerprint density at radius 1 is 1.03 bits per heavy atom. The number of aromatic nitrogens is 4. The first-order chi connectivity index (χ1) is 13.8. The molecule has 12 heteroatoms. The summed E-state index contributed by atoms with van der Waals surface area (Å²) >= 11 is 6.58. The molecular weight excluding hydrogens is 545 g/mol. The van der Waals surface area contributed by atoms with Crippen molar-refractivity contribution in [2.24, 2.45) is 0 Å². The number of nitrogens with zero attached hydrogens (tertiary/aromatic N) is 4. The zero-order valence-corrected chi connectivity index (χ0v) is 22.0. The van der Waals surface area contributed by atoms with E-state index < -0.39 is 0 Å². The third-order valence-corrected chi connectivity index (χ3v) is 4.88. The fraction of sp³-hybridized carbons (Fsp3) is 0.105. The first kappa shape index (κ1) is 27.1. The number of amides is 1. The summed E-state index contributed by atoms with van der Waals surface area (Å²) < 4.78 is 3.01. The molecule has 2 N–H and O–H groups in total. The molecule has 0 unspecified atom stereocenters. The van der Waals surface area contributed by atoms with Gasteiger partial charge >= 0.3 is 35.6 Å². The van der Waals surface area contributed by atoms with Gasteiger partial charge in [0.2, 0.25) is 0 Å². The van der Waals surface area contributed by atoms with Crippen molar-refractivity contribution in [2.45, 2.75) is 0 Å². The molecule has 156 valence electrons. The second-order valence-electron chi connectivity index (χ2n) is 6.19. The molecule has 0 fully saturated rings. The molecule has 4 heterocycles. The third kappa shape index (κ3) is 5.88. The van der Waals surface area contributed by atoms with Crippen molar-refractivity contribution in [1.82, 2.24) is 24.4 Å². The summed E-state index contributed by atoms with van der Waals surface area (Å²) in [5.41, 5.74) is 2.30. The van der Waals surface area contributed by atoms with Crippen molar-refractivity contribution in [3.8, 4) is 0 Å². The molecule has 4 rings (SSSR count). The van der Waals surface area contributed by atoms with Gasteiger partial charge in [-0.15, -0.1) is 0 Å². The molecule has 31 heavy (non-hydrogen) atoms. The number of hydrogen-bond acceptors (Lipinski definition) is 6. The summed E-state index contributed by atoms with van der Waals surface area (Å²) in [4.78, 5) is 46.0. The van der Waals surface area contributed by atoms with E-state index in [0.717, 1.165) is 32.6 Å². The number of aldehydes is 2. The van der Waals surface area contributed by atoms with Crippen LogP contribution in [0, 0.1) is 0 Å². The molecule has 0 aliphatic heterocycles. The predicted octanol–water partition coefficient (Wildman–Crippen LogP) is 1.11. The van der Waals surface area contributed by atoms with Crippen LogP contribution in [0.4, 0.5) is 4.79 Å². The molecule has 1 amide bonds. The number of H-pyrrole nitrogens is 1. The molecule has 0 saturated carbocycles. The minimum Gasteiger partial charge on any atom is -0.870 e. The molecule has 0 spiro atoms. The van der Waals surface area contributed by atoms with Gasteiger partial charge in [0, 0.05) is 69.7 Å². The molecule has 0 aromatic carbocycles. The van der Waals surface area contributed by atoms with Crippen LogP contribution < -0.4 is 29.6 Å². The normalized spacial score (nSPS) is 9.81. The molecule has 4 aromatic rings. The average molecular weight is 561 g/mol. The van der Waals surface area contributed by atoms with Crippen LogP contribution in [-0.2, 0) is 0 Å². The third-order valence-electron chi connectivity index (χ3n) is 4.01. The van der Waals surface area contributed by atoms with Crippen molar-refractivity contribution in [1.29, 1.82) is 0 Å². The van der Waals surface area contributed by atoms with Gasteiger partial charge in [-0.05, 0) is 44.0 Å². The van der Waals surface area contributed by atoms with Crippen molar-refractivity contribution >= 4 is 72.5 Å². The molecular formula is C19H16Br2N5NaO4. The Morgan fingerprint density at radius 3 is 2.19 bits per heavy atom. The number of halogens is 2. The van der Waals surface area contributed by atoms with E-state index in [0.29, 0.717) is 22.2 Å². The minimum absolute atomic E-state index is 0. The van der Waals surface area contributed by atoms with Crippen LogP contribution in [0.25, 0.3) is 22.1 Å². The van der Waals surface area contributed by atoms with E-state index in [4.69, 9.17) is 0 Å². The van der Waals surface area contributed by atoms with Crippen LogP contribution >= 0.6 is 31.9 Å². The molecule has 0 saturated heterocycles. The van der Waals surface area contributed by atoms with E-state index in [1.165, 1.54) is 15.7 Å². The Morgan fingerprint density at radius 2 is 1.61 bits per heavy atom. The number of fused-ring (bicyclic) bond motifs is 2. The average Bonchev–Trinajstić information content (AvgIpc) is 3.27. The monoisotopic (exact) mass is 559 g/mol. The maximum Gasteiger partial charge on any atom is 1.00 e. The fourth-order valence-corrected chi connectivity index (χ4v) is 3.32. The van der Waals surface area contributed by atoms with Gasteiger partial charge in [-0.3, -0.25) is 14.2 Å². The van der Waals surface area contributed by atoms with Gasteiger partial charge in [0.25, 0.3) is 0 Å². The second kappa shape index (κ2) is 11.7. The van der Waals surface area contributed by atoms with Crippen molar-refractivity contribution < 1.29 is 49.4 Å². The van der Waals surface area contributed by atoms with Gasteiger partial charge in [-0.2, -0.15) is 0 Å². The molecule has 0 radical (unpaired) electrons. The van der Waals surface area contributed by atoms with Crippen LogP contribution in [0.5, 0.6) is 0 Å². The Bertz CT molecular complexity index is 1240. The molecule has 0 aliphatic carbocycles. The van der Waals surface area contributed by atoms with Crippen LogP contribution in [-0.4, -0.2) is 62.6 Å². The van der Waals surface area contributed by atoms with E-state index in [9.17, 15) is 14.4 Å². The minimum atomic E-state index is -0.238. The number of pyridine rings is 2. The largest absolute Gasteiger partial charge is 1.00 e. The van der Waals surface area contributed by atoms with E-state index in [1.54, 1.807) is 38.8 Å². The van der Waals surface area contributed by atoms with Gasteiger partial charge in [0.1, 0.15) is 11.3 Å². The smallest absolute Gasteiger partial charge is 0.870 e. The summed E-state index contributed by atoms with van der Waals surface area (Å²) in [5, 5.41) is 1.50. The molecule has 0 bridgehead atoms. The second-order valence-corrected chi connectivity index (χ2v) is 8.02. The number of nitrogens with one attached hydrogen (secondary N) is 1. The zero-order chi connectivity index (χ0) is 21.1. The first-order valence-corrected chi connectivity index (χ1v) is 9.85. The fourth-order valence-electron chi connectivity index (χ4n) is 2.66. The van der Waals surface area contributed by atoms with E-state index in [1.807, 2.05) is 6.07 Å². The van der Waals surface area contributed by atoms with Gasteiger partial charge in [0.05, 0.1) is 0 Å². The number of carbonyl (C=O) groups is 3. The zero-order valence-electron chi connectivity index (χ0n) is 16.8. The topological polar surface area (TPSA) is 131 Å². The van der Waals surface area contributed by atoms with Crippen molar-refractivity contribution in [2.75, 3.05) is 14.1 Å². The van der Waals surface area contributed by atoms with Gasteiger partial charge in [-0.1, -0.05) is 0 Å². The Hall–Kier alpha value is -1.89. The Balaban J connectivity index is 0.000000305. The number of carbonyl (C=O) groups excluding carboxylic acids is 3. The van der Waals surface area contributed by atoms with Crippen LogP contribution in [0.15, 0.2) is 45.9 Å².